The van der Waals surface area contributed by atoms with Gasteiger partial charge in [0.25, 0.3) is 0 Å². The van der Waals surface area contributed by atoms with E-state index in [9.17, 15) is 4.39 Å². The maximum Gasteiger partial charge on any atom is 0.165 e. The van der Waals surface area contributed by atoms with Gasteiger partial charge < -0.3 is 14.2 Å². The molecule has 0 radical (unpaired) electrons. The molecule has 0 bridgehead atoms. The first-order valence-corrected chi connectivity index (χ1v) is 10.0. The maximum atomic E-state index is 14.1. The zero-order chi connectivity index (χ0) is 20.5. The van der Waals surface area contributed by atoms with Gasteiger partial charge in [0.2, 0.25) is 0 Å². The highest BCUT2D eigenvalue weighted by Gasteiger charge is 2.11. The van der Waals surface area contributed by atoms with E-state index in [0.29, 0.717) is 31.5 Å². The first kappa shape index (κ1) is 20.9. The van der Waals surface area contributed by atoms with Crippen LogP contribution in [0.15, 0.2) is 72.8 Å². The Morgan fingerprint density at radius 2 is 1.62 bits per heavy atom. The minimum absolute atomic E-state index is 0.204. The predicted molar refractivity (Wildman–Crippen MR) is 113 cm³/mol. The second-order valence-corrected chi connectivity index (χ2v) is 6.80. The van der Waals surface area contributed by atoms with Gasteiger partial charge in [-0.05, 0) is 60.9 Å². The smallest absolute Gasteiger partial charge is 0.165 e. The second-order valence-electron chi connectivity index (χ2n) is 6.80. The van der Waals surface area contributed by atoms with Gasteiger partial charge >= 0.3 is 0 Å². The molecule has 152 valence electrons. The van der Waals surface area contributed by atoms with E-state index >= 15 is 0 Å². The molecule has 0 N–H and O–H groups in total. The number of hydrogen-bond donors (Lipinski definition) is 0. The monoisotopic (exact) mass is 394 g/mol. The van der Waals surface area contributed by atoms with Crippen molar-refractivity contribution in [2.24, 2.45) is 0 Å². The SMILES string of the molecule is CCOc1ccc(C(CC)COCc2ccc(F)c(Oc3ccccc3)c2)cc1. The van der Waals surface area contributed by atoms with Gasteiger partial charge in [0, 0.05) is 5.92 Å². The fraction of sp³-hybridized carbons (Fsp3) is 0.280. The molecule has 1 atom stereocenters. The van der Waals surface area contributed by atoms with Crippen LogP contribution in [-0.4, -0.2) is 13.2 Å². The fourth-order valence-corrected chi connectivity index (χ4v) is 3.10. The summed E-state index contributed by atoms with van der Waals surface area (Å²) in [6, 6.07) is 22.2. The van der Waals surface area contributed by atoms with Crippen LogP contribution in [0.25, 0.3) is 0 Å². The van der Waals surface area contributed by atoms with Crippen molar-refractivity contribution < 1.29 is 18.6 Å². The molecule has 3 aromatic rings. The summed E-state index contributed by atoms with van der Waals surface area (Å²) in [7, 11) is 0. The Labute approximate surface area is 172 Å². The lowest BCUT2D eigenvalue weighted by Gasteiger charge is -2.16. The van der Waals surface area contributed by atoms with Crippen molar-refractivity contribution in [2.45, 2.75) is 32.8 Å². The van der Waals surface area contributed by atoms with Crippen LogP contribution in [-0.2, 0) is 11.3 Å². The molecule has 0 aliphatic rings. The first-order chi connectivity index (χ1) is 14.2. The highest BCUT2D eigenvalue weighted by molar-refractivity contribution is 5.35. The summed E-state index contributed by atoms with van der Waals surface area (Å²) in [6.45, 7) is 5.78. The minimum atomic E-state index is -0.390. The molecule has 0 amide bonds. The summed E-state index contributed by atoms with van der Waals surface area (Å²) in [5.74, 6) is 1.59. The van der Waals surface area contributed by atoms with E-state index in [1.54, 1.807) is 24.3 Å². The summed E-state index contributed by atoms with van der Waals surface area (Å²) in [6.07, 6.45) is 0.972. The van der Waals surface area contributed by atoms with Gasteiger partial charge in [-0.3, -0.25) is 0 Å². The second kappa shape index (κ2) is 10.6. The van der Waals surface area contributed by atoms with E-state index in [1.165, 1.54) is 11.6 Å². The van der Waals surface area contributed by atoms with E-state index in [2.05, 4.69) is 19.1 Å². The largest absolute Gasteiger partial charge is 0.494 e. The third-order valence-corrected chi connectivity index (χ3v) is 4.71. The Morgan fingerprint density at radius 1 is 0.862 bits per heavy atom. The number of rotatable bonds is 10. The highest BCUT2D eigenvalue weighted by Crippen LogP contribution is 2.27. The van der Waals surface area contributed by atoms with Gasteiger partial charge in [-0.2, -0.15) is 0 Å². The maximum absolute atomic E-state index is 14.1. The third kappa shape index (κ3) is 6.06. The van der Waals surface area contributed by atoms with Gasteiger partial charge in [-0.25, -0.2) is 4.39 Å². The number of ether oxygens (including phenoxy) is 3. The molecule has 0 fully saturated rings. The molecule has 3 aromatic carbocycles. The van der Waals surface area contributed by atoms with Gasteiger partial charge in [-0.1, -0.05) is 43.3 Å². The minimum Gasteiger partial charge on any atom is -0.494 e. The quantitative estimate of drug-likeness (QED) is 0.382. The molecule has 3 nitrogen and oxygen atoms in total. The molecule has 0 aliphatic carbocycles. The van der Waals surface area contributed by atoms with Crippen molar-refractivity contribution >= 4 is 0 Å². The summed E-state index contributed by atoms with van der Waals surface area (Å²) in [5.41, 5.74) is 2.10. The Balaban J connectivity index is 1.58. The van der Waals surface area contributed by atoms with Crippen molar-refractivity contribution in [3.63, 3.8) is 0 Å². The van der Waals surface area contributed by atoms with Crippen LogP contribution in [0.2, 0.25) is 0 Å². The Kier molecular flexibility index (Phi) is 7.65. The van der Waals surface area contributed by atoms with Gasteiger partial charge in [0.05, 0.1) is 19.8 Å². The van der Waals surface area contributed by atoms with Crippen molar-refractivity contribution in [3.05, 3.63) is 89.7 Å². The number of para-hydroxylation sites is 1. The predicted octanol–water partition coefficient (Wildman–Crippen LogP) is 6.73. The van der Waals surface area contributed by atoms with Gasteiger partial charge in [0.15, 0.2) is 11.6 Å². The van der Waals surface area contributed by atoms with E-state index in [1.807, 2.05) is 37.3 Å². The Bertz CT molecular complexity index is 878. The molecule has 0 heterocycles. The topological polar surface area (TPSA) is 27.7 Å². The van der Waals surface area contributed by atoms with Crippen LogP contribution < -0.4 is 9.47 Å². The number of hydrogen-bond acceptors (Lipinski definition) is 3. The Morgan fingerprint density at radius 3 is 2.31 bits per heavy atom. The van der Waals surface area contributed by atoms with E-state index < -0.39 is 5.82 Å². The summed E-state index contributed by atoms with van der Waals surface area (Å²) < 4.78 is 31.2. The van der Waals surface area contributed by atoms with Crippen LogP contribution >= 0.6 is 0 Å². The van der Waals surface area contributed by atoms with E-state index in [4.69, 9.17) is 14.2 Å². The standard InChI is InChI=1S/C25H27FO3/c1-3-20(21-11-13-22(14-12-21)28-4-2)18-27-17-19-10-15-24(26)25(16-19)29-23-8-6-5-7-9-23/h5-16,20H,3-4,17-18H2,1-2H3. The molecular weight excluding hydrogens is 367 g/mol. The lowest BCUT2D eigenvalue weighted by molar-refractivity contribution is 0.105. The van der Waals surface area contributed by atoms with Crippen LogP contribution in [0, 0.1) is 5.82 Å². The lowest BCUT2D eigenvalue weighted by Crippen LogP contribution is -2.07. The molecule has 29 heavy (non-hydrogen) atoms. The van der Waals surface area contributed by atoms with Crippen molar-refractivity contribution in [3.8, 4) is 17.2 Å². The van der Waals surface area contributed by atoms with Gasteiger partial charge in [-0.15, -0.1) is 0 Å². The fourth-order valence-electron chi connectivity index (χ4n) is 3.10. The number of benzene rings is 3. The summed E-state index contributed by atoms with van der Waals surface area (Å²) in [4.78, 5) is 0. The first-order valence-electron chi connectivity index (χ1n) is 10.0. The summed E-state index contributed by atoms with van der Waals surface area (Å²) in [5, 5.41) is 0. The van der Waals surface area contributed by atoms with Crippen molar-refractivity contribution in [1.29, 1.82) is 0 Å². The average molecular weight is 394 g/mol. The van der Waals surface area contributed by atoms with E-state index in [0.717, 1.165) is 17.7 Å². The molecule has 0 aliphatic heterocycles. The molecule has 1 unspecified atom stereocenters. The Hall–Kier alpha value is -2.85. The molecule has 0 saturated carbocycles. The summed E-state index contributed by atoms with van der Waals surface area (Å²) >= 11 is 0. The lowest BCUT2D eigenvalue weighted by atomic mass is 9.97. The van der Waals surface area contributed by atoms with Crippen molar-refractivity contribution in [2.75, 3.05) is 13.2 Å². The van der Waals surface area contributed by atoms with Crippen molar-refractivity contribution in [1.82, 2.24) is 0 Å². The van der Waals surface area contributed by atoms with E-state index in [-0.39, 0.29) is 5.75 Å². The molecule has 0 spiro atoms. The molecule has 0 aromatic heterocycles. The zero-order valence-electron chi connectivity index (χ0n) is 16.9. The molecular formula is C25H27FO3. The number of halogens is 1. The highest BCUT2D eigenvalue weighted by atomic mass is 19.1. The molecule has 3 rings (SSSR count). The van der Waals surface area contributed by atoms with Crippen LogP contribution in [0.3, 0.4) is 0 Å². The zero-order valence-corrected chi connectivity index (χ0v) is 16.9. The average Bonchev–Trinajstić information content (AvgIpc) is 2.75. The third-order valence-electron chi connectivity index (χ3n) is 4.71. The van der Waals surface area contributed by atoms with Crippen LogP contribution in [0.1, 0.15) is 37.3 Å². The van der Waals surface area contributed by atoms with Crippen LogP contribution in [0.5, 0.6) is 17.2 Å². The van der Waals surface area contributed by atoms with Gasteiger partial charge in [0.1, 0.15) is 11.5 Å². The molecule has 4 heteroatoms. The van der Waals surface area contributed by atoms with Crippen LogP contribution in [0.4, 0.5) is 4.39 Å². The molecule has 0 saturated heterocycles. The normalized spacial score (nSPS) is 11.8.